The van der Waals surface area contributed by atoms with Gasteiger partial charge in [0.05, 0.1) is 12.3 Å². The number of hydrogen-bond acceptors (Lipinski definition) is 3. The second-order valence-corrected chi connectivity index (χ2v) is 2.99. The number of carbonyl (C=O) groups excluding carboxylic acids is 1. The molecule has 0 radical (unpaired) electrons. The third kappa shape index (κ3) is 1.84. The van der Waals surface area contributed by atoms with Gasteiger partial charge in [-0.25, -0.2) is 4.31 Å². The summed E-state index contributed by atoms with van der Waals surface area (Å²) in [6.07, 6.45) is 1.81. The van der Waals surface area contributed by atoms with Crippen LogP contribution in [0.1, 0.15) is 0 Å². The van der Waals surface area contributed by atoms with E-state index in [1.807, 2.05) is 10.4 Å². The molecule has 0 saturated carbocycles. The Labute approximate surface area is 59.0 Å². The Morgan fingerprint density at radius 2 is 2.67 bits per heavy atom. The van der Waals surface area contributed by atoms with Gasteiger partial charge >= 0.3 is 0 Å². The summed E-state index contributed by atoms with van der Waals surface area (Å²) in [7, 11) is 0. The topological polar surface area (TPSA) is 20.3 Å². The van der Waals surface area contributed by atoms with Gasteiger partial charge in [0.1, 0.15) is 0 Å². The first-order chi connectivity index (χ1) is 4.33. The van der Waals surface area contributed by atoms with Crippen molar-refractivity contribution in [1.82, 2.24) is 4.31 Å². The zero-order valence-electron chi connectivity index (χ0n) is 5.17. The normalized spacial score (nSPS) is 20.7. The number of ketones is 1. The fourth-order valence-corrected chi connectivity index (χ4v) is 1.58. The van der Waals surface area contributed by atoms with Crippen molar-refractivity contribution in [1.29, 1.82) is 0 Å². The summed E-state index contributed by atoms with van der Waals surface area (Å²) < 4.78 is 2.01. The maximum absolute atomic E-state index is 10.6. The van der Waals surface area contributed by atoms with Gasteiger partial charge in [-0.3, -0.25) is 4.79 Å². The van der Waals surface area contributed by atoms with Crippen LogP contribution in [0.2, 0.25) is 0 Å². The molecular formula is C6H9NOS. The van der Waals surface area contributed by atoms with E-state index < -0.39 is 0 Å². The Kier molecular flexibility index (Phi) is 2.30. The van der Waals surface area contributed by atoms with E-state index >= 15 is 0 Å². The summed E-state index contributed by atoms with van der Waals surface area (Å²) in [6.45, 7) is 4.99. The molecule has 1 aliphatic rings. The summed E-state index contributed by atoms with van der Waals surface area (Å²) in [5.74, 6) is 0.968. The van der Waals surface area contributed by atoms with Crippen LogP contribution in [0.25, 0.3) is 0 Å². The van der Waals surface area contributed by atoms with Crippen molar-refractivity contribution in [2.45, 2.75) is 0 Å². The molecule has 1 aliphatic heterocycles. The van der Waals surface area contributed by atoms with E-state index in [-0.39, 0.29) is 0 Å². The van der Waals surface area contributed by atoms with Crippen molar-refractivity contribution in [2.75, 3.05) is 18.8 Å². The Hall–Kier alpha value is -0.280. The highest BCUT2D eigenvalue weighted by atomic mass is 32.2. The molecule has 3 heteroatoms. The minimum Gasteiger partial charge on any atom is -0.297 e. The first-order valence-corrected chi connectivity index (χ1v) is 3.77. The highest BCUT2D eigenvalue weighted by Gasteiger charge is 2.17. The van der Waals surface area contributed by atoms with E-state index in [9.17, 15) is 4.79 Å². The maximum atomic E-state index is 10.6. The van der Waals surface area contributed by atoms with Crippen molar-refractivity contribution in [3.05, 3.63) is 12.7 Å². The lowest BCUT2D eigenvalue weighted by atomic mass is 10.4. The van der Waals surface area contributed by atoms with Crippen molar-refractivity contribution in [2.24, 2.45) is 0 Å². The van der Waals surface area contributed by atoms with Crippen LogP contribution < -0.4 is 0 Å². The molecule has 2 nitrogen and oxygen atoms in total. The predicted molar refractivity (Wildman–Crippen MR) is 39.2 cm³/mol. The fourth-order valence-electron chi connectivity index (χ4n) is 0.713. The average Bonchev–Trinajstić information content (AvgIpc) is 2.17. The molecule has 0 atom stereocenters. The van der Waals surface area contributed by atoms with Gasteiger partial charge in [-0.1, -0.05) is 18.0 Å². The van der Waals surface area contributed by atoms with Crippen LogP contribution in [-0.4, -0.2) is 28.9 Å². The van der Waals surface area contributed by atoms with Gasteiger partial charge in [0.2, 0.25) is 0 Å². The number of nitrogens with zero attached hydrogens (tertiary/aromatic N) is 1. The van der Waals surface area contributed by atoms with Crippen LogP contribution in [0, 0.1) is 0 Å². The summed E-state index contributed by atoms with van der Waals surface area (Å²) >= 11 is 1.59. The number of carbonyl (C=O) groups is 1. The van der Waals surface area contributed by atoms with Crippen LogP contribution in [-0.2, 0) is 4.79 Å². The largest absolute Gasteiger partial charge is 0.297 e. The van der Waals surface area contributed by atoms with Crippen molar-refractivity contribution in [3.63, 3.8) is 0 Å². The van der Waals surface area contributed by atoms with Gasteiger partial charge in [0, 0.05) is 6.54 Å². The summed E-state index contributed by atoms with van der Waals surface area (Å²) in [5, 5.41) is 0. The lowest BCUT2D eigenvalue weighted by Crippen LogP contribution is -2.14. The standard InChI is InChI=1S/C6H9NOS/c1-2-3-7-4-6(8)5-9-7/h2H,1,3-5H2. The quantitative estimate of drug-likeness (QED) is 0.419. The van der Waals surface area contributed by atoms with E-state index in [0.29, 0.717) is 18.1 Å². The van der Waals surface area contributed by atoms with Crippen molar-refractivity contribution >= 4 is 17.7 Å². The van der Waals surface area contributed by atoms with Crippen molar-refractivity contribution in [3.8, 4) is 0 Å². The molecule has 0 bridgehead atoms. The lowest BCUT2D eigenvalue weighted by Gasteiger charge is -2.06. The molecule has 1 fully saturated rings. The third-order valence-corrected chi connectivity index (χ3v) is 2.19. The molecule has 0 aliphatic carbocycles. The molecule has 0 N–H and O–H groups in total. The number of rotatable bonds is 2. The van der Waals surface area contributed by atoms with Crippen LogP contribution in [0.5, 0.6) is 0 Å². The molecule has 0 aromatic carbocycles. The van der Waals surface area contributed by atoms with Gasteiger partial charge in [-0.2, -0.15) is 0 Å². The molecular weight excluding hydrogens is 134 g/mol. The molecule has 0 spiro atoms. The monoisotopic (exact) mass is 143 g/mol. The first-order valence-electron chi connectivity index (χ1n) is 2.83. The highest BCUT2D eigenvalue weighted by molar-refractivity contribution is 7.98. The number of hydrogen-bond donors (Lipinski definition) is 0. The van der Waals surface area contributed by atoms with Gasteiger partial charge < -0.3 is 0 Å². The highest BCUT2D eigenvalue weighted by Crippen LogP contribution is 2.16. The minimum atomic E-state index is 0.321. The van der Waals surface area contributed by atoms with Gasteiger partial charge in [-0.15, -0.1) is 6.58 Å². The van der Waals surface area contributed by atoms with E-state index in [4.69, 9.17) is 0 Å². The molecule has 0 aromatic rings. The first kappa shape index (κ1) is 6.83. The molecule has 9 heavy (non-hydrogen) atoms. The molecule has 1 rings (SSSR count). The minimum absolute atomic E-state index is 0.321. The summed E-state index contributed by atoms with van der Waals surface area (Å²) in [4.78, 5) is 10.6. The molecule has 1 heterocycles. The molecule has 0 aromatic heterocycles. The summed E-state index contributed by atoms with van der Waals surface area (Å²) in [5.41, 5.74) is 0. The smallest absolute Gasteiger partial charge is 0.158 e. The molecule has 50 valence electrons. The Morgan fingerprint density at radius 3 is 3.11 bits per heavy atom. The fraction of sp³-hybridized carbons (Fsp3) is 0.500. The Morgan fingerprint density at radius 1 is 1.89 bits per heavy atom. The van der Waals surface area contributed by atoms with Crippen LogP contribution >= 0.6 is 11.9 Å². The SMILES string of the molecule is C=CCN1CC(=O)CS1. The third-order valence-electron chi connectivity index (χ3n) is 1.09. The zero-order valence-corrected chi connectivity index (χ0v) is 5.99. The maximum Gasteiger partial charge on any atom is 0.158 e. The summed E-state index contributed by atoms with van der Waals surface area (Å²) in [6, 6.07) is 0. The predicted octanol–water partition coefficient (Wildman–Crippen LogP) is 0.705. The van der Waals surface area contributed by atoms with E-state index in [0.717, 1.165) is 6.54 Å². The van der Waals surface area contributed by atoms with Crippen LogP contribution in [0.3, 0.4) is 0 Å². The Bertz CT molecular complexity index is 135. The Balaban J connectivity index is 2.29. The van der Waals surface area contributed by atoms with E-state index in [1.165, 1.54) is 0 Å². The van der Waals surface area contributed by atoms with E-state index in [2.05, 4.69) is 6.58 Å². The van der Waals surface area contributed by atoms with Gasteiger partial charge in [-0.05, 0) is 0 Å². The second kappa shape index (κ2) is 3.03. The zero-order chi connectivity index (χ0) is 6.69. The van der Waals surface area contributed by atoms with Crippen LogP contribution in [0.15, 0.2) is 12.7 Å². The molecule has 0 unspecified atom stereocenters. The second-order valence-electron chi connectivity index (χ2n) is 1.92. The number of Topliss-reactive ketones (excluding diaryl/α,β-unsaturated/α-hetero) is 1. The van der Waals surface area contributed by atoms with Gasteiger partial charge in [0.25, 0.3) is 0 Å². The molecule has 0 amide bonds. The van der Waals surface area contributed by atoms with Gasteiger partial charge in [0.15, 0.2) is 5.78 Å². The lowest BCUT2D eigenvalue weighted by molar-refractivity contribution is -0.115. The van der Waals surface area contributed by atoms with Crippen molar-refractivity contribution < 1.29 is 4.79 Å². The molecule has 1 saturated heterocycles. The van der Waals surface area contributed by atoms with E-state index in [1.54, 1.807) is 11.9 Å². The van der Waals surface area contributed by atoms with Crippen LogP contribution in [0.4, 0.5) is 0 Å². The average molecular weight is 143 g/mol.